The number of nitrogens with zero attached hydrogens (tertiary/aromatic N) is 2. The van der Waals surface area contributed by atoms with E-state index in [4.69, 9.17) is 37.4 Å². The summed E-state index contributed by atoms with van der Waals surface area (Å²) in [6, 6.07) is 12.1. The molecule has 1 aliphatic heterocycles. The van der Waals surface area contributed by atoms with Crippen LogP contribution in [0, 0.1) is 0 Å². The molecule has 1 heterocycles. The lowest BCUT2D eigenvalue weighted by atomic mass is 10.0. The fraction of sp³-hybridized carbons (Fsp3) is 0.467. The molecule has 10 heteroatoms. The summed E-state index contributed by atoms with van der Waals surface area (Å²) in [6.07, 6.45) is 1.76. The number of likely N-dealkylation sites (N-methyl/N-ethyl adjacent to an activating group) is 1. The van der Waals surface area contributed by atoms with Gasteiger partial charge in [0.25, 0.3) is 0 Å². The Morgan fingerprint density at radius 2 is 1.77 bits per heavy atom. The predicted octanol–water partition coefficient (Wildman–Crippen LogP) is 5.42. The zero-order chi connectivity index (χ0) is 28.5. The van der Waals surface area contributed by atoms with Crippen LogP contribution in [-0.4, -0.2) is 80.4 Å². The third kappa shape index (κ3) is 8.36. The van der Waals surface area contributed by atoms with Crippen molar-refractivity contribution in [2.75, 3.05) is 52.5 Å². The van der Waals surface area contributed by atoms with Crippen molar-refractivity contribution in [3.05, 3.63) is 69.2 Å². The fourth-order valence-corrected chi connectivity index (χ4v) is 5.00. The van der Waals surface area contributed by atoms with Gasteiger partial charge in [-0.2, -0.15) is 0 Å². The third-order valence-corrected chi connectivity index (χ3v) is 7.67. The second-order valence-electron chi connectivity index (χ2n) is 9.79. The molecule has 1 N–H and O–H groups in total. The summed E-state index contributed by atoms with van der Waals surface area (Å²) < 4.78 is 16.6. The second-order valence-corrected chi connectivity index (χ2v) is 10.6. The molecule has 2 fully saturated rings. The molecule has 216 valence electrons. The van der Waals surface area contributed by atoms with E-state index in [1.54, 1.807) is 17.0 Å². The van der Waals surface area contributed by atoms with Crippen LogP contribution in [0.1, 0.15) is 37.8 Å². The third-order valence-electron chi connectivity index (χ3n) is 7.05. The van der Waals surface area contributed by atoms with E-state index in [0.29, 0.717) is 55.9 Å². The van der Waals surface area contributed by atoms with E-state index in [9.17, 15) is 9.59 Å². The largest absolute Gasteiger partial charge is 0.463 e. The molecule has 1 amide bonds. The van der Waals surface area contributed by atoms with Gasteiger partial charge >= 0.3 is 12.1 Å². The highest BCUT2D eigenvalue weighted by atomic mass is 35.5. The first-order valence-corrected chi connectivity index (χ1v) is 14.6. The lowest BCUT2D eigenvalue weighted by Gasteiger charge is -2.26. The number of rotatable bonds is 12. The van der Waals surface area contributed by atoms with Crippen LogP contribution in [-0.2, 0) is 20.7 Å². The maximum absolute atomic E-state index is 13.4. The molecule has 0 aromatic heterocycles. The summed E-state index contributed by atoms with van der Waals surface area (Å²) in [5.41, 5.74) is 3.76. The Morgan fingerprint density at radius 1 is 1.05 bits per heavy atom. The minimum absolute atomic E-state index is 0.269. The van der Waals surface area contributed by atoms with Crippen LogP contribution in [0.2, 0.25) is 10.0 Å². The number of nitrogens with one attached hydrogen (secondary N) is 1. The zero-order valence-corrected chi connectivity index (χ0v) is 24.6. The SMILES string of the molecule is CCN(CC)CCOC(=O)[C@H](Cc1ccc(OC(=O)N2CCOCC2)c(Cl)c1)NC(=C1CC1)c1ccccc1Cl. The number of allylic oxidation sites excluding steroid dienone is 1. The number of carbonyl (C=O) groups excluding carboxylic acids is 2. The predicted molar refractivity (Wildman–Crippen MR) is 157 cm³/mol. The van der Waals surface area contributed by atoms with Crippen LogP contribution in [0.5, 0.6) is 5.75 Å². The quantitative estimate of drug-likeness (QED) is 0.331. The minimum atomic E-state index is -0.672. The highest BCUT2D eigenvalue weighted by Crippen LogP contribution is 2.37. The van der Waals surface area contributed by atoms with Crippen LogP contribution in [0.25, 0.3) is 5.70 Å². The Balaban J connectivity index is 1.50. The molecule has 1 atom stereocenters. The van der Waals surface area contributed by atoms with Gasteiger partial charge in [-0.15, -0.1) is 0 Å². The zero-order valence-electron chi connectivity index (χ0n) is 23.1. The molecule has 8 nitrogen and oxygen atoms in total. The molecule has 0 bridgehead atoms. The van der Waals surface area contributed by atoms with Crippen LogP contribution in [0.4, 0.5) is 4.79 Å². The molecule has 4 rings (SSSR count). The Morgan fingerprint density at radius 3 is 2.42 bits per heavy atom. The summed E-state index contributed by atoms with van der Waals surface area (Å²) in [6.45, 7) is 8.81. The van der Waals surface area contributed by atoms with E-state index in [1.807, 2.05) is 30.3 Å². The topological polar surface area (TPSA) is 80.3 Å². The lowest BCUT2D eigenvalue weighted by Crippen LogP contribution is -2.42. The summed E-state index contributed by atoms with van der Waals surface area (Å²) in [4.78, 5) is 29.7. The number of hydrogen-bond acceptors (Lipinski definition) is 7. The maximum atomic E-state index is 13.4. The minimum Gasteiger partial charge on any atom is -0.463 e. The second kappa shape index (κ2) is 14.7. The van der Waals surface area contributed by atoms with Crippen LogP contribution >= 0.6 is 23.2 Å². The highest BCUT2D eigenvalue weighted by molar-refractivity contribution is 6.32. The van der Waals surface area contributed by atoms with Crippen molar-refractivity contribution in [3.8, 4) is 5.75 Å². The van der Waals surface area contributed by atoms with Gasteiger partial charge in [-0.05, 0) is 55.3 Å². The average molecular weight is 591 g/mol. The van der Waals surface area contributed by atoms with Gasteiger partial charge in [0.1, 0.15) is 12.6 Å². The van der Waals surface area contributed by atoms with Gasteiger partial charge in [0.15, 0.2) is 5.75 Å². The Labute approximate surface area is 246 Å². The van der Waals surface area contributed by atoms with E-state index in [0.717, 1.165) is 42.8 Å². The first kappa shape index (κ1) is 30.2. The standard InChI is InChI=1S/C30H37Cl2N3O5/c1-3-34(4-2)13-18-39-29(36)26(33-28(22-10-11-22)23-7-5-6-8-24(23)31)20-21-9-12-27(25(32)19-21)40-30(37)35-14-16-38-17-15-35/h5-9,12,19,26,33H,3-4,10-11,13-18,20H2,1-2H3/t26-/m0/s1. The van der Waals surface area contributed by atoms with Gasteiger partial charge in [-0.25, -0.2) is 9.59 Å². The highest BCUT2D eigenvalue weighted by Gasteiger charge is 2.28. The normalized spacial score (nSPS) is 15.5. The fourth-order valence-electron chi connectivity index (χ4n) is 4.52. The van der Waals surface area contributed by atoms with Crippen molar-refractivity contribution in [1.82, 2.24) is 15.1 Å². The van der Waals surface area contributed by atoms with Crippen molar-refractivity contribution >= 4 is 41.0 Å². The van der Waals surface area contributed by atoms with Crippen LogP contribution in [0.15, 0.2) is 48.0 Å². The number of morpholine rings is 1. The van der Waals surface area contributed by atoms with E-state index in [2.05, 4.69) is 24.1 Å². The Kier molecular flexibility index (Phi) is 11.1. The molecular weight excluding hydrogens is 553 g/mol. The molecule has 0 unspecified atom stereocenters. The number of amides is 1. The van der Waals surface area contributed by atoms with E-state index in [1.165, 1.54) is 5.57 Å². The lowest BCUT2D eigenvalue weighted by molar-refractivity contribution is -0.146. The molecule has 0 spiro atoms. The molecule has 2 aliphatic rings. The van der Waals surface area contributed by atoms with E-state index in [-0.39, 0.29) is 11.7 Å². The molecule has 0 radical (unpaired) electrons. The number of ether oxygens (including phenoxy) is 3. The molecular formula is C30H37Cl2N3O5. The van der Waals surface area contributed by atoms with Gasteiger partial charge in [-0.3, -0.25) is 0 Å². The first-order chi connectivity index (χ1) is 19.4. The summed E-state index contributed by atoms with van der Waals surface area (Å²) in [5, 5.41) is 4.37. The van der Waals surface area contributed by atoms with Gasteiger partial charge in [-0.1, -0.05) is 61.3 Å². The van der Waals surface area contributed by atoms with Gasteiger partial charge in [0.2, 0.25) is 0 Å². The van der Waals surface area contributed by atoms with Gasteiger partial charge in [0, 0.05) is 42.3 Å². The number of hydrogen-bond donors (Lipinski definition) is 1. The van der Waals surface area contributed by atoms with Crippen molar-refractivity contribution in [2.24, 2.45) is 0 Å². The number of halogens is 2. The number of esters is 1. The number of benzene rings is 2. The monoisotopic (exact) mass is 589 g/mol. The van der Waals surface area contributed by atoms with Gasteiger partial charge < -0.3 is 29.3 Å². The molecule has 2 aromatic rings. The molecule has 40 heavy (non-hydrogen) atoms. The van der Waals surface area contributed by atoms with Crippen molar-refractivity contribution in [3.63, 3.8) is 0 Å². The smallest absolute Gasteiger partial charge is 0.415 e. The van der Waals surface area contributed by atoms with E-state index >= 15 is 0 Å². The summed E-state index contributed by atoms with van der Waals surface area (Å²) in [5.74, 6) is -0.0815. The van der Waals surface area contributed by atoms with Crippen molar-refractivity contribution < 1.29 is 23.8 Å². The summed E-state index contributed by atoms with van der Waals surface area (Å²) >= 11 is 13.1. The Hall–Kier alpha value is -2.78. The Bertz CT molecular complexity index is 1210. The molecule has 1 aliphatic carbocycles. The molecule has 1 saturated heterocycles. The van der Waals surface area contributed by atoms with Crippen molar-refractivity contribution in [2.45, 2.75) is 39.2 Å². The van der Waals surface area contributed by atoms with Crippen LogP contribution < -0.4 is 10.1 Å². The first-order valence-electron chi connectivity index (χ1n) is 13.8. The van der Waals surface area contributed by atoms with Crippen LogP contribution in [0.3, 0.4) is 0 Å². The molecule has 2 aromatic carbocycles. The average Bonchev–Trinajstić information content (AvgIpc) is 3.81. The maximum Gasteiger partial charge on any atom is 0.415 e. The van der Waals surface area contributed by atoms with E-state index < -0.39 is 12.1 Å². The molecule has 1 saturated carbocycles. The number of carbonyl (C=O) groups is 2. The van der Waals surface area contributed by atoms with Crippen molar-refractivity contribution in [1.29, 1.82) is 0 Å². The summed E-state index contributed by atoms with van der Waals surface area (Å²) in [7, 11) is 0. The van der Waals surface area contributed by atoms with Gasteiger partial charge in [0.05, 0.1) is 18.2 Å².